The normalized spacial score (nSPS) is 19.1. The summed E-state index contributed by atoms with van der Waals surface area (Å²) in [7, 11) is -3.60. The lowest BCUT2D eigenvalue weighted by Gasteiger charge is -2.16. The number of nitrogens with zero attached hydrogens (tertiary/aromatic N) is 1. The standard InChI is InChI=1S/C20H24N2O4S/c1-15-18(27(24,25)22-11-5-6-12-22)13-17(26-15)19(23)21-14-20(9-10-20)16-7-3-2-4-8-16/h2-4,7-8,13H,5-6,9-12,14H2,1H3,(H,21,23). The summed E-state index contributed by atoms with van der Waals surface area (Å²) in [6.45, 7) is 3.15. The molecule has 7 heteroatoms. The van der Waals surface area contributed by atoms with Gasteiger partial charge in [-0.25, -0.2) is 8.42 Å². The number of furan rings is 1. The van der Waals surface area contributed by atoms with E-state index in [0.717, 1.165) is 25.7 Å². The molecule has 0 spiro atoms. The van der Waals surface area contributed by atoms with Gasteiger partial charge in [0.1, 0.15) is 10.7 Å². The summed E-state index contributed by atoms with van der Waals surface area (Å²) >= 11 is 0. The Bertz CT molecular complexity index is 940. The van der Waals surface area contributed by atoms with Crippen molar-refractivity contribution in [2.45, 2.75) is 42.9 Å². The van der Waals surface area contributed by atoms with Gasteiger partial charge in [0.25, 0.3) is 5.91 Å². The molecular weight excluding hydrogens is 364 g/mol. The van der Waals surface area contributed by atoms with Crippen LogP contribution < -0.4 is 5.32 Å². The molecule has 0 unspecified atom stereocenters. The molecule has 27 heavy (non-hydrogen) atoms. The summed E-state index contributed by atoms with van der Waals surface area (Å²) in [5.74, 6) is -0.0615. The quantitative estimate of drug-likeness (QED) is 0.825. The maximum atomic E-state index is 12.7. The number of hydrogen-bond donors (Lipinski definition) is 1. The minimum absolute atomic E-state index is 0.0109. The zero-order valence-electron chi connectivity index (χ0n) is 15.4. The van der Waals surface area contributed by atoms with Crippen LogP contribution in [0, 0.1) is 6.92 Å². The van der Waals surface area contributed by atoms with E-state index in [9.17, 15) is 13.2 Å². The first-order valence-electron chi connectivity index (χ1n) is 9.37. The number of amides is 1. The second-order valence-electron chi connectivity index (χ2n) is 7.47. The fraction of sp³-hybridized carbons (Fsp3) is 0.450. The summed E-state index contributed by atoms with van der Waals surface area (Å²) in [6, 6.07) is 11.5. The zero-order valence-corrected chi connectivity index (χ0v) is 16.2. The monoisotopic (exact) mass is 388 g/mol. The number of sulfonamides is 1. The number of benzene rings is 1. The molecule has 2 aliphatic rings. The molecule has 6 nitrogen and oxygen atoms in total. The van der Waals surface area contributed by atoms with Crippen LogP contribution in [0.5, 0.6) is 0 Å². The number of carbonyl (C=O) groups is 1. The molecule has 2 fully saturated rings. The molecule has 2 aromatic rings. The van der Waals surface area contributed by atoms with Crippen molar-refractivity contribution in [3.05, 3.63) is 53.5 Å². The summed E-state index contributed by atoms with van der Waals surface area (Å²) in [6.07, 6.45) is 3.79. The molecule has 1 aliphatic carbocycles. The average molecular weight is 388 g/mol. The van der Waals surface area contributed by atoms with Gasteiger partial charge in [0, 0.05) is 31.1 Å². The van der Waals surface area contributed by atoms with Crippen molar-refractivity contribution in [1.29, 1.82) is 0 Å². The van der Waals surface area contributed by atoms with Crippen LogP contribution in [0.4, 0.5) is 0 Å². The largest absolute Gasteiger partial charge is 0.455 e. The predicted molar refractivity (Wildman–Crippen MR) is 101 cm³/mol. The molecular formula is C20H24N2O4S. The third kappa shape index (κ3) is 3.41. The van der Waals surface area contributed by atoms with Crippen molar-refractivity contribution in [3.8, 4) is 0 Å². The molecule has 1 N–H and O–H groups in total. The van der Waals surface area contributed by atoms with Gasteiger partial charge in [0.2, 0.25) is 10.0 Å². The summed E-state index contributed by atoms with van der Waals surface area (Å²) in [5, 5.41) is 2.92. The van der Waals surface area contributed by atoms with E-state index in [1.807, 2.05) is 18.2 Å². The molecule has 1 saturated carbocycles. The van der Waals surface area contributed by atoms with Gasteiger partial charge in [-0.05, 0) is 38.2 Å². The number of aryl methyl sites for hydroxylation is 1. The minimum Gasteiger partial charge on any atom is -0.455 e. The molecule has 1 aromatic carbocycles. The van der Waals surface area contributed by atoms with E-state index in [-0.39, 0.29) is 27.7 Å². The van der Waals surface area contributed by atoms with Gasteiger partial charge in [0.05, 0.1) is 0 Å². The van der Waals surface area contributed by atoms with Crippen molar-refractivity contribution in [3.63, 3.8) is 0 Å². The molecule has 0 bridgehead atoms. The van der Waals surface area contributed by atoms with Crippen molar-refractivity contribution < 1.29 is 17.6 Å². The van der Waals surface area contributed by atoms with Crippen LogP contribution in [0.3, 0.4) is 0 Å². The highest BCUT2D eigenvalue weighted by Crippen LogP contribution is 2.47. The number of hydrogen-bond acceptors (Lipinski definition) is 4. The highest BCUT2D eigenvalue weighted by Gasteiger charge is 2.44. The Morgan fingerprint density at radius 1 is 1.19 bits per heavy atom. The van der Waals surface area contributed by atoms with E-state index in [2.05, 4.69) is 17.4 Å². The topological polar surface area (TPSA) is 79.6 Å². The van der Waals surface area contributed by atoms with Crippen molar-refractivity contribution in [2.24, 2.45) is 0 Å². The third-order valence-electron chi connectivity index (χ3n) is 5.61. The summed E-state index contributed by atoms with van der Waals surface area (Å²) in [5.41, 5.74) is 1.21. The van der Waals surface area contributed by atoms with E-state index in [0.29, 0.717) is 19.6 Å². The Hall–Kier alpha value is -2.12. The first-order chi connectivity index (χ1) is 12.9. The Kier molecular flexibility index (Phi) is 4.60. The first kappa shape index (κ1) is 18.3. The second-order valence-corrected chi connectivity index (χ2v) is 9.38. The lowest BCUT2D eigenvalue weighted by atomic mass is 9.96. The van der Waals surface area contributed by atoms with E-state index in [1.165, 1.54) is 15.9 Å². The molecule has 0 radical (unpaired) electrons. The van der Waals surface area contributed by atoms with E-state index in [4.69, 9.17) is 4.42 Å². The molecule has 4 rings (SSSR count). The SMILES string of the molecule is Cc1oc(C(=O)NCC2(c3ccccc3)CC2)cc1S(=O)(=O)N1CCCC1. The zero-order chi connectivity index (χ0) is 19.1. The number of rotatable bonds is 6. The Morgan fingerprint density at radius 3 is 2.48 bits per heavy atom. The molecule has 1 amide bonds. The third-order valence-corrected chi connectivity index (χ3v) is 7.61. The van der Waals surface area contributed by atoms with Crippen molar-refractivity contribution in [2.75, 3.05) is 19.6 Å². The summed E-state index contributed by atoms with van der Waals surface area (Å²) < 4.78 is 32.4. The van der Waals surface area contributed by atoms with Gasteiger partial charge >= 0.3 is 0 Å². The van der Waals surface area contributed by atoms with Crippen LogP contribution in [-0.4, -0.2) is 38.3 Å². The Labute approximate surface area is 159 Å². The molecule has 1 saturated heterocycles. The molecule has 144 valence electrons. The fourth-order valence-corrected chi connectivity index (χ4v) is 5.43. The maximum absolute atomic E-state index is 12.7. The highest BCUT2D eigenvalue weighted by molar-refractivity contribution is 7.89. The predicted octanol–water partition coefficient (Wildman–Crippen LogP) is 2.83. The Morgan fingerprint density at radius 2 is 1.85 bits per heavy atom. The van der Waals surface area contributed by atoms with Crippen LogP contribution in [0.15, 0.2) is 45.7 Å². The summed E-state index contributed by atoms with van der Waals surface area (Å²) in [4.78, 5) is 12.6. The molecule has 1 aliphatic heterocycles. The Balaban J connectivity index is 1.47. The fourth-order valence-electron chi connectivity index (χ4n) is 3.75. The van der Waals surface area contributed by atoms with E-state index >= 15 is 0 Å². The minimum atomic E-state index is -3.60. The van der Waals surface area contributed by atoms with Crippen LogP contribution in [0.1, 0.15) is 47.6 Å². The van der Waals surface area contributed by atoms with Gasteiger partial charge in [-0.3, -0.25) is 4.79 Å². The van der Waals surface area contributed by atoms with Crippen LogP contribution >= 0.6 is 0 Å². The molecule has 1 aromatic heterocycles. The second kappa shape index (κ2) is 6.80. The average Bonchev–Trinajstić information content (AvgIpc) is 3.07. The van der Waals surface area contributed by atoms with Crippen molar-refractivity contribution >= 4 is 15.9 Å². The number of nitrogens with one attached hydrogen (secondary N) is 1. The van der Waals surface area contributed by atoms with Gasteiger partial charge in [-0.15, -0.1) is 0 Å². The van der Waals surface area contributed by atoms with Crippen LogP contribution in [0.25, 0.3) is 0 Å². The van der Waals surface area contributed by atoms with Gasteiger partial charge in [-0.1, -0.05) is 30.3 Å². The van der Waals surface area contributed by atoms with E-state index in [1.54, 1.807) is 6.92 Å². The van der Waals surface area contributed by atoms with Crippen LogP contribution in [0.2, 0.25) is 0 Å². The lowest BCUT2D eigenvalue weighted by molar-refractivity contribution is 0.0920. The van der Waals surface area contributed by atoms with Crippen molar-refractivity contribution in [1.82, 2.24) is 9.62 Å². The van der Waals surface area contributed by atoms with Gasteiger partial charge in [0.15, 0.2) is 5.76 Å². The maximum Gasteiger partial charge on any atom is 0.287 e. The van der Waals surface area contributed by atoms with Gasteiger partial charge in [-0.2, -0.15) is 4.31 Å². The van der Waals surface area contributed by atoms with E-state index < -0.39 is 10.0 Å². The molecule has 0 atom stereocenters. The number of carbonyl (C=O) groups excluding carboxylic acids is 1. The van der Waals surface area contributed by atoms with Crippen LogP contribution in [-0.2, 0) is 15.4 Å². The highest BCUT2D eigenvalue weighted by atomic mass is 32.2. The molecule has 2 heterocycles. The lowest BCUT2D eigenvalue weighted by Crippen LogP contribution is -2.32. The van der Waals surface area contributed by atoms with Gasteiger partial charge < -0.3 is 9.73 Å². The first-order valence-corrected chi connectivity index (χ1v) is 10.8. The smallest absolute Gasteiger partial charge is 0.287 e.